The van der Waals surface area contributed by atoms with Gasteiger partial charge in [-0.15, -0.1) is 10.2 Å². The Morgan fingerprint density at radius 1 is 1.23 bits per heavy atom. The number of aliphatic carboxylic acids is 1. The molecule has 0 aliphatic heterocycles. The van der Waals surface area contributed by atoms with E-state index in [2.05, 4.69) is 15.2 Å². The summed E-state index contributed by atoms with van der Waals surface area (Å²) in [5.41, 5.74) is 2.29. The number of hydrogen-bond acceptors (Lipinski definition) is 7. The van der Waals surface area contributed by atoms with Crippen molar-refractivity contribution < 1.29 is 24.2 Å². The first kappa shape index (κ1) is 21.4. The molecule has 0 spiro atoms. The monoisotopic (exact) mass is 411 g/mol. The van der Waals surface area contributed by atoms with Gasteiger partial charge in [0, 0.05) is 36.9 Å². The van der Waals surface area contributed by atoms with Gasteiger partial charge < -0.3 is 19.4 Å². The van der Waals surface area contributed by atoms with Crippen molar-refractivity contribution in [2.45, 2.75) is 45.1 Å². The highest BCUT2D eigenvalue weighted by molar-refractivity contribution is 5.72. The lowest BCUT2D eigenvalue weighted by Crippen LogP contribution is -2.21. The van der Waals surface area contributed by atoms with Crippen LogP contribution >= 0.6 is 0 Å². The Hall–Kier alpha value is -3.26. The summed E-state index contributed by atoms with van der Waals surface area (Å²) in [6.07, 6.45) is 3.55. The molecule has 3 rings (SSSR count). The molecular weight excluding hydrogens is 386 g/mol. The Morgan fingerprint density at radius 3 is 2.60 bits per heavy atom. The number of aryl methyl sites for hydroxylation is 1. The second-order valence-electron chi connectivity index (χ2n) is 7.84. The van der Waals surface area contributed by atoms with Crippen molar-refractivity contribution in [3.63, 3.8) is 0 Å². The first-order valence-corrected chi connectivity index (χ1v) is 9.52. The summed E-state index contributed by atoms with van der Waals surface area (Å²) < 4.78 is 11.0. The van der Waals surface area contributed by atoms with Gasteiger partial charge in [-0.2, -0.15) is 0 Å². The van der Waals surface area contributed by atoms with Crippen LogP contribution < -0.4 is 4.74 Å². The third-order valence-corrected chi connectivity index (χ3v) is 4.59. The van der Waals surface area contributed by atoms with Crippen LogP contribution in [0.4, 0.5) is 0 Å². The number of aliphatic hydroxyl groups is 1. The SMILES string of the molecule is COc1ccc(CC(C)(C)O)cc1-c1cncc(C(CC(=O)O)c2nnc(C)o2)c1. The topological polar surface area (TPSA) is 119 Å². The fourth-order valence-corrected chi connectivity index (χ4v) is 3.36. The number of carbonyl (C=O) groups is 1. The maximum Gasteiger partial charge on any atom is 0.304 e. The molecule has 1 aromatic carbocycles. The summed E-state index contributed by atoms with van der Waals surface area (Å²) in [5.74, 6) is -0.355. The fraction of sp³-hybridized carbons (Fsp3) is 0.364. The van der Waals surface area contributed by atoms with Crippen molar-refractivity contribution in [1.29, 1.82) is 0 Å². The Kier molecular flexibility index (Phi) is 6.17. The summed E-state index contributed by atoms with van der Waals surface area (Å²) in [5, 5.41) is 27.4. The van der Waals surface area contributed by atoms with E-state index >= 15 is 0 Å². The van der Waals surface area contributed by atoms with E-state index in [0.717, 1.165) is 16.7 Å². The molecule has 0 bridgehead atoms. The smallest absolute Gasteiger partial charge is 0.304 e. The molecule has 1 unspecified atom stereocenters. The van der Waals surface area contributed by atoms with Crippen LogP contribution in [-0.4, -0.2) is 44.1 Å². The third kappa shape index (κ3) is 5.21. The largest absolute Gasteiger partial charge is 0.496 e. The van der Waals surface area contributed by atoms with Crippen LogP contribution in [0.25, 0.3) is 11.1 Å². The summed E-state index contributed by atoms with van der Waals surface area (Å²) >= 11 is 0. The van der Waals surface area contributed by atoms with Gasteiger partial charge >= 0.3 is 5.97 Å². The Bertz CT molecular complexity index is 1040. The van der Waals surface area contributed by atoms with E-state index in [1.165, 1.54) is 0 Å². The average Bonchev–Trinajstić information content (AvgIpc) is 3.11. The second-order valence-corrected chi connectivity index (χ2v) is 7.84. The molecule has 0 amide bonds. The number of methoxy groups -OCH3 is 1. The van der Waals surface area contributed by atoms with E-state index in [1.54, 1.807) is 40.3 Å². The molecule has 158 valence electrons. The maximum atomic E-state index is 11.4. The molecule has 0 saturated carbocycles. The van der Waals surface area contributed by atoms with Crippen molar-refractivity contribution in [3.05, 3.63) is 59.6 Å². The van der Waals surface area contributed by atoms with Gasteiger partial charge in [0.15, 0.2) is 0 Å². The summed E-state index contributed by atoms with van der Waals surface area (Å²) in [6, 6.07) is 7.55. The van der Waals surface area contributed by atoms with Crippen LogP contribution in [0, 0.1) is 6.92 Å². The zero-order valence-corrected chi connectivity index (χ0v) is 17.4. The highest BCUT2D eigenvalue weighted by Crippen LogP contribution is 2.35. The molecule has 8 nitrogen and oxygen atoms in total. The number of carboxylic acids is 1. The van der Waals surface area contributed by atoms with Crippen LogP contribution in [0.3, 0.4) is 0 Å². The van der Waals surface area contributed by atoms with Gasteiger partial charge in [-0.05, 0) is 43.2 Å². The number of carboxylic acid groups (broad SMARTS) is 1. The van der Waals surface area contributed by atoms with Crippen LogP contribution in [0.5, 0.6) is 5.75 Å². The van der Waals surface area contributed by atoms with Gasteiger partial charge in [0.25, 0.3) is 0 Å². The molecule has 0 fully saturated rings. The van der Waals surface area contributed by atoms with E-state index in [1.807, 2.05) is 24.3 Å². The molecule has 2 N–H and O–H groups in total. The molecule has 2 aromatic heterocycles. The molecule has 0 radical (unpaired) electrons. The number of pyridine rings is 1. The minimum Gasteiger partial charge on any atom is -0.496 e. The number of benzene rings is 1. The zero-order valence-electron chi connectivity index (χ0n) is 17.4. The Labute approximate surface area is 174 Å². The van der Waals surface area contributed by atoms with E-state index in [9.17, 15) is 15.0 Å². The number of nitrogens with zero attached hydrogens (tertiary/aromatic N) is 3. The molecule has 0 aliphatic carbocycles. The molecule has 0 saturated heterocycles. The van der Waals surface area contributed by atoms with Crippen LogP contribution in [0.2, 0.25) is 0 Å². The number of aromatic nitrogens is 3. The molecule has 3 aromatic rings. The van der Waals surface area contributed by atoms with Crippen LogP contribution in [0.1, 0.15) is 49.1 Å². The summed E-state index contributed by atoms with van der Waals surface area (Å²) in [7, 11) is 1.58. The van der Waals surface area contributed by atoms with Gasteiger partial charge in [-0.25, -0.2) is 0 Å². The van der Waals surface area contributed by atoms with Crippen molar-refractivity contribution in [2.24, 2.45) is 0 Å². The van der Waals surface area contributed by atoms with Gasteiger partial charge in [0.05, 0.1) is 25.0 Å². The van der Waals surface area contributed by atoms with E-state index in [4.69, 9.17) is 9.15 Å². The molecule has 0 aliphatic rings. The number of rotatable bonds is 8. The Balaban J connectivity index is 2.05. The number of hydrogen-bond donors (Lipinski definition) is 2. The van der Waals surface area contributed by atoms with Gasteiger partial charge in [-0.3, -0.25) is 9.78 Å². The van der Waals surface area contributed by atoms with E-state index < -0.39 is 17.5 Å². The highest BCUT2D eigenvalue weighted by atomic mass is 16.5. The second kappa shape index (κ2) is 8.62. The predicted octanol–water partition coefficient (Wildman–Crippen LogP) is 3.37. The fourth-order valence-electron chi connectivity index (χ4n) is 3.36. The maximum absolute atomic E-state index is 11.4. The average molecular weight is 411 g/mol. The molecule has 8 heteroatoms. The minimum atomic E-state index is -0.981. The van der Waals surface area contributed by atoms with Crippen LogP contribution in [-0.2, 0) is 11.2 Å². The van der Waals surface area contributed by atoms with Crippen LogP contribution in [0.15, 0.2) is 41.1 Å². The van der Waals surface area contributed by atoms with Gasteiger partial charge in [-0.1, -0.05) is 6.07 Å². The molecule has 30 heavy (non-hydrogen) atoms. The highest BCUT2D eigenvalue weighted by Gasteiger charge is 2.25. The van der Waals surface area contributed by atoms with Crippen molar-refractivity contribution >= 4 is 5.97 Å². The Morgan fingerprint density at radius 2 is 2.00 bits per heavy atom. The first-order chi connectivity index (χ1) is 14.2. The predicted molar refractivity (Wildman–Crippen MR) is 109 cm³/mol. The normalized spacial score (nSPS) is 12.6. The van der Waals surface area contributed by atoms with E-state index in [-0.39, 0.29) is 12.3 Å². The first-order valence-electron chi connectivity index (χ1n) is 9.52. The van der Waals surface area contributed by atoms with E-state index in [0.29, 0.717) is 23.6 Å². The zero-order chi connectivity index (χ0) is 21.9. The van der Waals surface area contributed by atoms with Gasteiger partial charge in [0.2, 0.25) is 11.8 Å². The lowest BCUT2D eigenvalue weighted by atomic mass is 9.92. The quantitative estimate of drug-likeness (QED) is 0.579. The minimum absolute atomic E-state index is 0.206. The third-order valence-electron chi connectivity index (χ3n) is 4.59. The molecule has 1 atom stereocenters. The lowest BCUT2D eigenvalue weighted by molar-refractivity contribution is -0.137. The van der Waals surface area contributed by atoms with Gasteiger partial charge in [0.1, 0.15) is 5.75 Å². The molecule has 2 heterocycles. The summed E-state index contributed by atoms with van der Waals surface area (Å²) in [6.45, 7) is 5.16. The lowest BCUT2D eigenvalue weighted by Gasteiger charge is -2.19. The van der Waals surface area contributed by atoms with Crippen molar-refractivity contribution in [3.8, 4) is 16.9 Å². The summed E-state index contributed by atoms with van der Waals surface area (Å²) in [4.78, 5) is 15.8. The van der Waals surface area contributed by atoms with Crippen molar-refractivity contribution in [2.75, 3.05) is 7.11 Å². The number of ether oxygens (including phenoxy) is 1. The van der Waals surface area contributed by atoms with Crippen molar-refractivity contribution in [1.82, 2.24) is 15.2 Å². The standard InChI is InChI=1S/C22H25N3O5/c1-13-24-25-21(30-13)18(9-20(26)27)16-8-15(11-23-12-16)17-7-14(10-22(2,3)28)5-6-19(17)29-4/h5-8,11-12,18,28H,9-10H2,1-4H3,(H,26,27). The molecular formula is C22H25N3O5.